The van der Waals surface area contributed by atoms with E-state index in [-0.39, 0.29) is 11.6 Å². The summed E-state index contributed by atoms with van der Waals surface area (Å²) in [5, 5.41) is 11.6. The molecule has 18 heavy (non-hydrogen) atoms. The monoisotopic (exact) mass is 265 g/mol. The van der Waals surface area contributed by atoms with Gasteiger partial charge in [0, 0.05) is 11.1 Å². The van der Waals surface area contributed by atoms with Crippen molar-refractivity contribution in [2.24, 2.45) is 0 Å². The maximum atomic E-state index is 4.45. The average molecular weight is 265 g/mol. The van der Waals surface area contributed by atoms with Crippen LogP contribution < -0.4 is 5.32 Å². The molecular weight excluding hydrogens is 246 g/mol. The smallest absolute Gasteiger partial charge is 0.167 e. The van der Waals surface area contributed by atoms with Crippen molar-refractivity contribution in [2.75, 3.05) is 0 Å². The molecule has 0 saturated heterocycles. The quantitative estimate of drug-likeness (QED) is 0.891. The molecule has 2 heterocycles. The lowest BCUT2D eigenvalue weighted by molar-refractivity contribution is 0.348. The molecule has 0 fully saturated rings. The van der Waals surface area contributed by atoms with Gasteiger partial charge in [0.05, 0.1) is 11.6 Å². The number of aryl methyl sites for hydroxylation is 2. The van der Waals surface area contributed by atoms with Gasteiger partial charge in [0.1, 0.15) is 10.8 Å². The number of nitrogens with zero attached hydrogens (tertiary/aromatic N) is 3. The summed E-state index contributed by atoms with van der Waals surface area (Å²) in [6.45, 7) is 10.3. The van der Waals surface area contributed by atoms with Crippen LogP contribution in [0.2, 0.25) is 0 Å². The van der Waals surface area contributed by atoms with Gasteiger partial charge in [-0.1, -0.05) is 0 Å². The molecule has 0 bridgehead atoms. The minimum atomic E-state index is -0.188. The molecule has 0 aliphatic rings. The number of hydrogen-bond acceptors (Lipinski definition) is 5. The number of aromatic nitrogens is 4. The second kappa shape index (κ2) is 4.78. The molecule has 0 radical (unpaired) electrons. The molecule has 0 amide bonds. The van der Waals surface area contributed by atoms with E-state index < -0.39 is 0 Å². The molecule has 2 rings (SSSR count). The van der Waals surface area contributed by atoms with Crippen LogP contribution in [0.5, 0.6) is 0 Å². The first-order chi connectivity index (χ1) is 8.38. The molecular formula is C12H19N5S. The Morgan fingerprint density at radius 3 is 2.61 bits per heavy atom. The second-order valence-corrected chi connectivity index (χ2v) is 6.28. The standard InChI is InChI=1S/C12H19N5S/c1-7-6-13-11(18-7)12(4,5)15-8(2)10-14-9(3)16-17-10/h6,8,15H,1-5H3,(H,14,16,17). The van der Waals surface area contributed by atoms with Crippen molar-refractivity contribution in [3.63, 3.8) is 0 Å². The van der Waals surface area contributed by atoms with Gasteiger partial charge in [-0.25, -0.2) is 9.97 Å². The first-order valence-corrected chi connectivity index (χ1v) is 6.79. The highest BCUT2D eigenvalue weighted by molar-refractivity contribution is 7.11. The van der Waals surface area contributed by atoms with E-state index in [0.29, 0.717) is 0 Å². The highest BCUT2D eigenvalue weighted by atomic mass is 32.1. The average Bonchev–Trinajstić information content (AvgIpc) is 2.86. The van der Waals surface area contributed by atoms with E-state index >= 15 is 0 Å². The van der Waals surface area contributed by atoms with E-state index in [9.17, 15) is 0 Å². The SMILES string of the molecule is Cc1nc(C(C)NC(C)(C)c2ncc(C)s2)n[nH]1. The fourth-order valence-corrected chi connectivity index (χ4v) is 2.69. The van der Waals surface area contributed by atoms with Gasteiger partial charge in [-0.15, -0.1) is 11.3 Å². The summed E-state index contributed by atoms with van der Waals surface area (Å²) in [4.78, 5) is 10.0. The number of rotatable bonds is 4. The van der Waals surface area contributed by atoms with Gasteiger partial charge >= 0.3 is 0 Å². The topological polar surface area (TPSA) is 66.5 Å². The molecule has 2 N–H and O–H groups in total. The highest BCUT2D eigenvalue weighted by Crippen LogP contribution is 2.27. The fraction of sp³-hybridized carbons (Fsp3) is 0.583. The molecule has 2 aromatic rings. The van der Waals surface area contributed by atoms with Gasteiger partial charge in [0.25, 0.3) is 0 Å². The number of H-pyrrole nitrogens is 1. The Morgan fingerprint density at radius 1 is 1.39 bits per heavy atom. The first kappa shape index (κ1) is 13.2. The molecule has 0 aliphatic heterocycles. The van der Waals surface area contributed by atoms with Crippen LogP contribution in [0.15, 0.2) is 6.20 Å². The van der Waals surface area contributed by atoms with Crippen molar-refractivity contribution in [3.05, 3.63) is 27.7 Å². The van der Waals surface area contributed by atoms with Gasteiger partial charge in [-0.2, -0.15) is 5.10 Å². The molecule has 0 aliphatic carbocycles. The predicted octanol–water partition coefficient (Wildman–Crippen LogP) is 2.46. The van der Waals surface area contributed by atoms with E-state index in [4.69, 9.17) is 0 Å². The summed E-state index contributed by atoms with van der Waals surface area (Å²) < 4.78 is 0. The van der Waals surface area contributed by atoms with E-state index in [2.05, 4.69) is 53.2 Å². The lowest BCUT2D eigenvalue weighted by Gasteiger charge is -2.27. The Kier molecular flexibility index (Phi) is 3.49. The molecule has 0 saturated carbocycles. The zero-order valence-corrected chi connectivity index (χ0v) is 12.2. The summed E-state index contributed by atoms with van der Waals surface area (Å²) in [6.07, 6.45) is 1.91. The van der Waals surface area contributed by atoms with E-state index in [1.807, 2.05) is 13.1 Å². The largest absolute Gasteiger partial charge is 0.296 e. The lowest BCUT2D eigenvalue weighted by Crippen LogP contribution is -2.38. The van der Waals surface area contributed by atoms with Crippen LogP contribution in [-0.4, -0.2) is 20.2 Å². The van der Waals surface area contributed by atoms with Crippen molar-refractivity contribution in [3.8, 4) is 0 Å². The van der Waals surface area contributed by atoms with Crippen LogP contribution >= 0.6 is 11.3 Å². The predicted molar refractivity (Wildman–Crippen MR) is 72.5 cm³/mol. The summed E-state index contributed by atoms with van der Waals surface area (Å²) in [5.41, 5.74) is -0.188. The molecule has 0 spiro atoms. The van der Waals surface area contributed by atoms with Crippen LogP contribution in [0, 0.1) is 13.8 Å². The zero-order valence-electron chi connectivity index (χ0n) is 11.4. The Balaban J connectivity index is 2.12. The summed E-state index contributed by atoms with van der Waals surface area (Å²) in [6, 6.07) is 0.0779. The maximum Gasteiger partial charge on any atom is 0.167 e. The van der Waals surface area contributed by atoms with Gasteiger partial charge in [-0.3, -0.25) is 10.4 Å². The zero-order chi connectivity index (χ0) is 13.3. The van der Waals surface area contributed by atoms with Gasteiger partial charge < -0.3 is 0 Å². The van der Waals surface area contributed by atoms with Gasteiger partial charge in [0.2, 0.25) is 0 Å². The Hall–Kier alpha value is -1.27. The van der Waals surface area contributed by atoms with Crippen LogP contribution in [0.4, 0.5) is 0 Å². The van der Waals surface area contributed by atoms with Gasteiger partial charge in [0.15, 0.2) is 5.82 Å². The molecule has 6 heteroatoms. The van der Waals surface area contributed by atoms with E-state index in [1.54, 1.807) is 11.3 Å². The van der Waals surface area contributed by atoms with Crippen molar-refractivity contribution in [2.45, 2.75) is 46.2 Å². The molecule has 1 unspecified atom stereocenters. The van der Waals surface area contributed by atoms with Crippen molar-refractivity contribution in [1.82, 2.24) is 25.5 Å². The maximum absolute atomic E-state index is 4.45. The first-order valence-electron chi connectivity index (χ1n) is 5.98. The van der Waals surface area contributed by atoms with Crippen LogP contribution in [-0.2, 0) is 5.54 Å². The summed E-state index contributed by atoms with van der Waals surface area (Å²) in [7, 11) is 0. The fourth-order valence-electron chi connectivity index (χ4n) is 1.86. The van der Waals surface area contributed by atoms with E-state index in [1.165, 1.54) is 4.88 Å². The van der Waals surface area contributed by atoms with Crippen molar-refractivity contribution < 1.29 is 0 Å². The molecule has 0 aromatic carbocycles. The number of aromatic amines is 1. The minimum Gasteiger partial charge on any atom is -0.296 e. The van der Waals surface area contributed by atoms with Crippen LogP contribution in [0.25, 0.3) is 0 Å². The highest BCUT2D eigenvalue weighted by Gasteiger charge is 2.27. The molecule has 2 aromatic heterocycles. The second-order valence-electron chi connectivity index (χ2n) is 5.05. The van der Waals surface area contributed by atoms with Crippen molar-refractivity contribution >= 4 is 11.3 Å². The third kappa shape index (κ3) is 2.76. The number of thiazole rings is 1. The number of nitrogens with one attached hydrogen (secondary N) is 2. The minimum absolute atomic E-state index is 0.0779. The number of hydrogen-bond donors (Lipinski definition) is 2. The Bertz CT molecular complexity index is 528. The lowest BCUT2D eigenvalue weighted by atomic mass is 10.1. The van der Waals surface area contributed by atoms with Crippen LogP contribution in [0.1, 0.15) is 48.3 Å². The third-order valence-corrected chi connectivity index (χ3v) is 3.97. The molecule has 5 nitrogen and oxygen atoms in total. The summed E-state index contributed by atoms with van der Waals surface area (Å²) in [5.74, 6) is 1.62. The van der Waals surface area contributed by atoms with Crippen LogP contribution in [0.3, 0.4) is 0 Å². The molecule has 98 valence electrons. The van der Waals surface area contributed by atoms with E-state index in [0.717, 1.165) is 16.7 Å². The Morgan fingerprint density at radius 2 is 2.11 bits per heavy atom. The van der Waals surface area contributed by atoms with Gasteiger partial charge in [-0.05, 0) is 34.6 Å². The third-order valence-electron chi connectivity index (χ3n) is 2.74. The summed E-state index contributed by atoms with van der Waals surface area (Å²) >= 11 is 1.71. The molecule has 1 atom stereocenters. The Labute approximate surface area is 111 Å². The normalized spacial score (nSPS) is 13.8. The van der Waals surface area contributed by atoms with Crippen molar-refractivity contribution in [1.29, 1.82) is 0 Å².